The number of nitrogens with one attached hydrogen (secondary N) is 1. The van der Waals surface area contributed by atoms with Crippen molar-refractivity contribution in [3.05, 3.63) is 53.6 Å². The lowest BCUT2D eigenvalue weighted by molar-refractivity contribution is -0.140. The third-order valence-corrected chi connectivity index (χ3v) is 7.11. The second-order valence-electron chi connectivity index (χ2n) is 8.89. The molecule has 2 rings (SSSR count). The van der Waals surface area contributed by atoms with Crippen molar-refractivity contribution in [2.75, 3.05) is 37.9 Å². The first-order valence-electron chi connectivity index (χ1n) is 12.4. The van der Waals surface area contributed by atoms with Crippen LogP contribution < -0.4 is 19.1 Å². The van der Waals surface area contributed by atoms with Gasteiger partial charge in [-0.2, -0.15) is 0 Å². The summed E-state index contributed by atoms with van der Waals surface area (Å²) in [6.07, 6.45) is 3.15. The van der Waals surface area contributed by atoms with E-state index in [-0.39, 0.29) is 23.9 Å². The first kappa shape index (κ1) is 30.0. The maximum Gasteiger partial charge on any atom is 0.244 e. The lowest BCUT2D eigenvalue weighted by Crippen LogP contribution is -2.52. The second kappa shape index (κ2) is 13.9. The minimum atomic E-state index is -3.90. The fourth-order valence-corrected chi connectivity index (χ4v) is 4.86. The van der Waals surface area contributed by atoms with E-state index in [0.717, 1.165) is 34.5 Å². The van der Waals surface area contributed by atoms with E-state index < -0.39 is 28.5 Å². The Hall–Kier alpha value is -3.27. The van der Waals surface area contributed by atoms with E-state index in [9.17, 15) is 18.0 Å². The molecule has 1 N–H and O–H groups in total. The highest BCUT2D eigenvalue weighted by Crippen LogP contribution is 2.34. The summed E-state index contributed by atoms with van der Waals surface area (Å²) in [5.74, 6) is -0.0834. The molecular formula is C27H39N3O6S. The van der Waals surface area contributed by atoms with Crippen molar-refractivity contribution in [1.29, 1.82) is 0 Å². The highest BCUT2D eigenvalue weighted by molar-refractivity contribution is 7.92. The van der Waals surface area contributed by atoms with Crippen molar-refractivity contribution >= 4 is 27.5 Å². The molecule has 0 aliphatic heterocycles. The molecule has 37 heavy (non-hydrogen) atoms. The molecule has 0 unspecified atom stereocenters. The predicted molar refractivity (Wildman–Crippen MR) is 145 cm³/mol. The number of ether oxygens (including phenoxy) is 2. The smallest absolute Gasteiger partial charge is 0.244 e. The summed E-state index contributed by atoms with van der Waals surface area (Å²) in [5, 5.41) is 2.91. The summed E-state index contributed by atoms with van der Waals surface area (Å²) in [6.45, 7) is 5.98. The predicted octanol–water partition coefficient (Wildman–Crippen LogP) is 3.50. The molecule has 0 aromatic heterocycles. The van der Waals surface area contributed by atoms with E-state index in [0.29, 0.717) is 18.7 Å². The van der Waals surface area contributed by atoms with Gasteiger partial charge >= 0.3 is 0 Å². The number of rotatable bonds is 14. The zero-order valence-electron chi connectivity index (χ0n) is 22.6. The van der Waals surface area contributed by atoms with Gasteiger partial charge in [0.1, 0.15) is 24.1 Å². The molecule has 0 aliphatic carbocycles. The van der Waals surface area contributed by atoms with Crippen LogP contribution in [0.25, 0.3) is 0 Å². The van der Waals surface area contributed by atoms with Crippen molar-refractivity contribution in [2.45, 2.75) is 52.6 Å². The number of hydrogen-bond acceptors (Lipinski definition) is 6. The number of sulfonamides is 1. The van der Waals surface area contributed by atoms with Gasteiger partial charge < -0.3 is 19.7 Å². The van der Waals surface area contributed by atoms with Gasteiger partial charge in [-0.25, -0.2) is 8.42 Å². The van der Waals surface area contributed by atoms with Gasteiger partial charge in [-0.15, -0.1) is 0 Å². The SMILES string of the molecule is CCCCNC(=O)[C@H](CC)N(Cc1cccc(C)c1)C(=O)CN(c1cc(OC)ccc1OC)S(C)(=O)=O. The van der Waals surface area contributed by atoms with Crippen LogP contribution in [0.5, 0.6) is 11.5 Å². The lowest BCUT2D eigenvalue weighted by atomic mass is 10.1. The Morgan fingerprint density at radius 3 is 2.35 bits per heavy atom. The average Bonchev–Trinajstić information content (AvgIpc) is 2.86. The maximum atomic E-state index is 13.8. The van der Waals surface area contributed by atoms with Crippen molar-refractivity contribution in [3.63, 3.8) is 0 Å². The molecule has 0 radical (unpaired) electrons. The normalized spacial score (nSPS) is 11.9. The molecule has 9 nitrogen and oxygen atoms in total. The minimum absolute atomic E-state index is 0.160. The quantitative estimate of drug-likeness (QED) is 0.373. The fraction of sp³-hybridized carbons (Fsp3) is 0.481. The van der Waals surface area contributed by atoms with E-state index in [1.807, 2.05) is 45.0 Å². The molecular weight excluding hydrogens is 494 g/mol. The summed E-state index contributed by atoms with van der Waals surface area (Å²) >= 11 is 0. The molecule has 0 fully saturated rings. The summed E-state index contributed by atoms with van der Waals surface area (Å²) < 4.78 is 37.4. The Morgan fingerprint density at radius 1 is 1.05 bits per heavy atom. The van der Waals surface area contributed by atoms with Gasteiger partial charge in [0, 0.05) is 19.2 Å². The summed E-state index contributed by atoms with van der Waals surface area (Å²) in [4.78, 5) is 28.4. The van der Waals surface area contributed by atoms with Crippen LogP contribution in [0.3, 0.4) is 0 Å². The van der Waals surface area contributed by atoms with Gasteiger partial charge in [-0.05, 0) is 37.5 Å². The Bertz CT molecular complexity index is 1170. The van der Waals surface area contributed by atoms with Crippen LogP contribution in [0.1, 0.15) is 44.2 Å². The molecule has 0 bridgehead atoms. The van der Waals surface area contributed by atoms with Gasteiger partial charge in [-0.1, -0.05) is 50.1 Å². The monoisotopic (exact) mass is 533 g/mol. The van der Waals surface area contributed by atoms with Crippen LogP contribution in [0.4, 0.5) is 5.69 Å². The van der Waals surface area contributed by atoms with Crippen LogP contribution >= 0.6 is 0 Å². The number of methoxy groups -OCH3 is 2. The summed E-state index contributed by atoms with van der Waals surface area (Å²) in [5.41, 5.74) is 2.04. The number of hydrogen-bond donors (Lipinski definition) is 1. The van der Waals surface area contributed by atoms with Crippen molar-refractivity contribution < 1.29 is 27.5 Å². The number of unbranched alkanes of at least 4 members (excludes halogenated alkanes) is 1. The van der Waals surface area contributed by atoms with Crippen LogP contribution in [-0.4, -0.2) is 64.7 Å². The molecule has 0 saturated heterocycles. The number of carbonyl (C=O) groups is 2. The fourth-order valence-electron chi connectivity index (χ4n) is 4.02. The topological polar surface area (TPSA) is 105 Å². The summed E-state index contributed by atoms with van der Waals surface area (Å²) in [7, 11) is -1.02. The van der Waals surface area contributed by atoms with Gasteiger partial charge in [0.2, 0.25) is 21.8 Å². The number of carbonyl (C=O) groups excluding carboxylic acids is 2. The number of nitrogens with zero attached hydrogens (tertiary/aromatic N) is 2. The van der Waals surface area contributed by atoms with Gasteiger partial charge in [0.15, 0.2) is 0 Å². The zero-order chi connectivity index (χ0) is 27.6. The molecule has 204 valence electrons. The summed E-state index contributed by atoms with van der Waals surface area (Å²) in [6, 6.07) is 11.6. The number of benzene rings is 2. The minimum Gasteiger partial charge on any atom is -0.497 e. The van der Waals surface area contributed by atoms with Crippen LogP contribution in [-0.2, 0) is 26.2 Å². The van der Waals surface area contributed by atoms with Crippen molar-refractivity contribution in [2.24, 2.45) is 0 Å². The largest absolute Gasteiger partial charge is 0.497 e. The van der Waals surface area contributed by atoms with E-state index in [1.54, 1.807) is 12.1 Å². The molecule has 2 aromatic rings. The standard InChI is InChI=1S/C27H39N3O6S/c1-7-9-15-28-27(32)23(8-2)29(18-21-12-10-11-20(3)16-21)26(31)19-30(37(6,33)34)24-17-22(35-4)13-14-25(24)36-5/h10-14,16-17,23H,7-9,15,18-19H2,1-6H3,(H,28,32)/t23-/m0/s1. The van der Waals surface area contributed by atoms with Gasteiger partial charge in [0.05, 0.1) is 26.2 Å². The van der Waals surface area contributed by atoms with Crippen molar-refractivity contribution in [1.82, 2.24) is 10.2 Å². The van der Waals surface area contributed by atoms with Gasteiger partial charge in [0.25, 0.3) is 0 Å². The van der Waals surface area contributed by atoms with E-state index >= 15 is 0 Å². The zero-order valence-corrected chi connectivity index (χ0v) is 23.4. The highest BCUT2D eigenvalue weighted by atomic mass is 32.2. The lowest BCUT2D eigenvalue weighted by Gasteiger charge is -2.33. The molecule has 2 aromatic carbocycles. The second-order valence-corrected chi connectivity index (χ2v) is 10.8. The maximum absolute atomic E-state index is 13.8. The number of amides is 2. The van der Waals surface area contributed by atoms with E-state index in [4.69, 9.17) is 9.47 Å². The van der Waals surface area contributed by atoms with Gasteiger partial charge in [-0.3, -0.25) is 13.9 Å². The third kappa shape index (κ3) is 8.38. The number of aryl methyl sites for hydroxylation is 1. The third-order valence-electron chi connectivity index (χ3n) is 5.98. The van der Waals surface area contributed by atoms with Crippen LogP contribution in [0.15, 0.2) is 42.5 Å². The molecule has 0 saturated carbocycles. The molecule has 0 aliphatic rings. The molecule has 0 spiro atoms. The van der Waals surface area contributed by atoms with Crippen LogP contribution in [0, 0.1) is 6.92 Å². The first-order valence-corrected chi connectivity index (χ1v) is 14.2. The molecule has 0 heterocycles. The average molecular weight is 534 g/mol. The van der Waals surface area contributed by atoms with E-state index in [2.05, 4.69) is 5.32 Å². The molecule has 1 atom stereocenters. The van der Waals surface area contributed by atoms with Crippen molar-refractivity contribution in [3.8, 4) is 11.5 Å². The molecule has 2 amide bonds. The van der Waals surface area contributed by atoms with E-state index in [1.165, 1.54) is 25.2 Å². The Balaban J connectivity index is 2.49. The Kier molecular flexibility index (Phi) is 11.2. The molecule has 10 heteroatoms. The number of anilines is 1. The Labute approximate surface area is 220 Å². The highest BCUT2D eigenvalue weighted by Gasteiger charge is 2.32. The Morgan fingerprint density at radius 2 is 1.78 bits per heavy atom. The van der Waals surface area contributed by atoms with Crippen LogP contribution in [0.2, 0.25) is 0 Å². The first-order chi connectivity index (χ1) is 17.5.